The molecule has 0 saturated heterocycles. The van der Waals surface area contributed by atoms with E-state index in [0.29, 0.717) is 29.0 Å². The van der Waals surface area contributed by atoms with Gasteiger partial charge in [0.2, 0.25) is 0 Å². The largest absolute Gasteiger partial charge is 0.513 e. The van der Waals surface area contributed by atoms with Gasteiger partial charge in [-0.1, -0.05) is 22.0 Å². The van der Waals surface area contributed by atoms with Crippen LogP contribution in [0, 0.1) is 0 Å². The van der Waals surface area contributed by atoms with Crippen LogP contribution in [-0.2, 0) is 16.1 Å². The Labute approximate surface area is 175 Å². The number of methoxy groups -OCH3 is 2. The number of hydrogen-bond donors (Lipinski definition) is 2. The van der Waals surface area contributed by atoms with Crippen LogP contribution in [0.2, 0.25) is 0 Å². The van der Waals surface area contributed by atoms with E-state index in [-0.39, 0.29) is 5.75 Å². The molecule has 2 amide bonds. The first kappa shape index (κ1) is 20.4. The Bertz CT molecular complexity index is 1020. The lowest BCUT2D eigenvalue weighted by molar-refractivity contribution is -0.114. The molecule has 29 heavy (non-hydrogen) atoms. The summed E-state index contributed by atoms with van der Waals surface area (Å²) < 4.78 is 15.5. The molecule has 0 radical (unpaired) electrons. The van der Waals surface area contributed by atoms with Crippen molar-refractivity contribution in [3.05, 3.63) is 63.8 Å². The zero-order valence-electron chi connectivity index (χ0n) is 15.6. The Morgan fingerprint density at radius 2 is 1.86 bits per heavy atom. The summed E-state index contributed by atoms with van der Waals surface area (Å²) in [5, 5.41) is 5.36. The summed E-state index contributed by atoms with van der Waals surface area (Å²) >= 11 is 3.36. The Morgan fingerprint density at radius 1 is 1.07 bits per heavy atom. The van der Waals surface area contributed by atoms with Crippen molar-refractivity contribution < 1.29 is 28.6 Å². The van der Waals surface area contributed by atoms with Gasteiger partial charge >= 0.3 is 6.16 Å². The van der Waals surface area contributed by atoms with E-state index in [1.165, 1.54) is 20.4 Å². The molecular formula is C20H17BrN2O6. The van der Waals surface area contributed by atoms with Crippen molar-refractivity contribution in [3.63, 3.8) is 0 Å². The highest BCUT2D eigenvalue weighted by molar-refractivity contribution is 9.10. The van der Waals surface area contributed by atoms with Crippen molar-refractivity contribution in [1.82, 2.24) is 10.6 Å². The molecule has 0 spiro atoms. The number of amides is 2. The van der Waals surface area contributed by atoms with E-state index < -0.39 is 18.0 Å². The van der Waals surface area contributed by atoms with E-state index in [9.17, 15) is 14.4 Å². The second-order valence-corrected chi connectivity index (χ2v) is 6.87. The molecule has 3 rings (SSSR count). The third-order valence-corrected chi connectivity index (χ3v) is 4.62. The lowest BCUT2D eigenvalue weighted by Crippen LogP contribution is -2.37. The van der Waals surface area contributed by atoms with Gasteiger partial charge in [0.05, 0.1) is 19.8 Å². The van der Waals surface area contributed by atoms with Gasteiger partial charge in [0.1, 0.15) is 0 Å². The topological polar surface area (TPSA) is 103 Å². The first-order valence-electron chi connectivity index (χ1n) is 8.44. The van der Waals surface area contributed by atoms with Gasteiger partial charge < -0.3 is 19.5 Å². The highest BCUT2D eigenvalue weighted by Crippen LogP contribution is 2.29. The van der Waals surface area contributed by atoms with Crippen molar-refractivity contribution in [2.45, 2.75) is 6.54 Å². The number of hydrogen-bond acceptors (Lipinski definition) is 7. The van der Waals surface area contributed by atoms with E-state index in [4.69, 9.17) is 9.47 Å². The molecule has 9 heteroatoms. The second-order valence-electron chi connectivity index (χ2n) is 5.95. The predicted molar refractivity (Wildman–Crippen MR) is 107 cm³/mol. The van der Waals surface area contributed by atoms with Gasteiger partial charge in [0, 0.05) is 28.3 Å². The SMILES string of the molecule is COC(=O)Oc1cc(CN/C=C2\C(=O)NC(=O)c3ccc(Br)cc32)ccc1OC. The number of rotatable bonds is 5. The van der Waals surface area contributed by atoms with E-state index >= 15 is 0 Å². The molecule has 0 aromatic heterocycles. The van der Waals surface area contributed by atoms with Crippen LogP contribution in [0.1, 0.15) is 21.5 Å². The molecule has 0 aliphatic carbocycles. The van der Waals surface area contributed by atoms with Crippen LogP contribution in [0.5, 0.6) is 11.5 Å². The minimum Gasteiger partial charge on any atom is -0.493 e. The molecule has 2 aromatic carbocycles. The second kappa shape index (κ2) is 8.78. The molecular weight excluding hydrogens is 444 g/mol. The van der Waals surface area contributed by atoms with Crippen LogP contribution >= 0.6 is 15.9 Å². The highest BCUT2D eigenvalue weighted by Gasteiger charge is 2.27. The summed E-state index contributed by atoms with van der Waals surface area (Å²) in [6.45, 7) is 0.329. The molecule has 0 fully saturated rings. The first-order valence-corrected chi connectivity index (χ1v) is 9.24. The number of halogens is 1. The van der Waals surface area contributed by atoms with Crippen LogP contribution in [0.3, 0.4) is 0 Å². The van der Waals surface area contributed by atoms with E-state index in [1.54, 1.807) is 36.4 Å². The van der Waals surface area contributed by atoms with E-state index in [0.717, 1.165) is 10.0 Å². The lowest BCUT2D eigenvalue weighted by Gasteiger charge is -2.18. The van der Waals surface area contributed by atoms with Gasteiger partial charge in [0.15, 0.2) is 11.5 Å². The molecule has 0 bridgehead atoms. The van der Waals surface area contributed by atoms with Gasteiger partial charge in [-0.25, -0.2) is 4.79 Å². The van der Waals surface area contributed by atoms with Gasteiger partial charge in [-0.3, -0.25) is 14.9 Å². The summed E-state index contributed by atoms with van der Waals surface area (Å²) in [5.41, 5.74) is 2.05. The molecule has 0 saturated carbocycles. The Morgan fingerprint density at radius 3 is 2.59 bits per heavy atom. The van der Waals surface area contributed by atoms with Crippen LogP contribution in [-0.4, -0.2) is 32.2 Å². The van der Waals surface area contributed by atoms with Gasteiger partial charge in [-0.05, 0) is 35.9 Å². The van der Waals surface area contributed by atoms with Crippen LogP contribution in [0.4, 0.5) is 4.79 Å². The molecule has 2 aromatic rings. The van der Waals surface area contributed by atoms with Crippen molar-refractivity contribution in [2.24, 2.45) is 0 Å². The summed E-state index contributed by atoms with van der Waals surface area (Å²) in [5.74, 6) is -0.338. The van der Waals surface area contributed by atoms with E-state index in [2.05, 4.69) is 31.3 Å². The predicted octanol–water partition coefficient (Wildman–Crippen LogP) is 3.00. The fourth-order valence-electron chi connectivity index (χ4n) is 2.75. The number of carbonyl (C=O) groups is 3. The molecule has 0 atom stereocenters. The smallest absolute Gasteiger partial charge is 0.493 e. The summed E-state index contributed by atoms with van der Waals surface area (Å²) in [6.07, 6.45) is 0.680. The van der Waals surface area contributed by atoms with Crippen molar-refractivity contribution in [3.8, 4) is 11.5 Å². The average molecular weight is 461 g/mol. The Kier molecular flexibility index (Phi) is 6.18. The molecule has 1 aliphatic heterocycles. The van der Waals surface area contributed by atoms with Gasteiger partial charge in [-0.2, -0.15) is 0 Å². The number of carbonyl (C=O) groups excluding carboxylic acids is 3. The quantitative estimate of drug-likeness (QED) is 0.306. The standard InChI is InChI=1S/C20H17BrN2O6/c1-27-16-6-3-11(7-17(16)29-20(26)28-2)9-22-10-15-14-8-12(21)4-5-13(14)18(24)23-19(15)25/h3-8,10,22H,9H2,1-2H3,(H,23,24,25)/b15-10-. The number of nitrogens with one attached hydrogen (secondary N) is 2. The number of benzene rings is 2. The normalized spacial score (nSPS) is 14.1. The van der Waals surface area contributed by atoms with Crippen molar-refractivity contribution >= 4 is 39.5 Å². The molecule has 2 N–H and O–H groups in total. The molecule has 8 nitrogen and oxygen atoms in total. The summed E-state index contributed by atoms with van der Waals surface area (Å²) in [4.78, 5) is 35.7. The fraction of sp³-hybridized carbons (Fsp3) is 0.150. The van der Waals surface area contributed by atoms with Crippen molar-refractivity contribution in [1.29, 1.82) is 0 Å². The Hall–Kier alpha value is -3.33. The molecule has 1 aliphatic rings. The van der Waals surface area contributed by atoms with Gasteiger partial charge in [0.25, 0.3) is 11.8 Å². The van der Waals surface area contributed by atoms with Crippen LogP contribution in [0.25, 0.3) is 5.57 Å². The maximum atomic E-state index is 12.3. The summed E-state index contributed by atoms with van der Waals surface area (Å²) in [6, 6.07) is 10.2. The Balaban J connectivity index is 1.81. The highest BCUT2D eigenvalue weighted by atomic mass is 79.9. The van der Waals surface area contributed by atoms with Crippen LogP contribution < -0.4 is 20.1 Å². The zero-order valence-corrected chi connectivity index (χ0v) is 17.2. The third kappa shape index (κ3) is 4.57. The average Bonchev–Trinajstić information content (AvgIpc) is 2.70. The van der Waals surface area contributed by atoms with E-state index in [1.807, 2.05) is 0 Å². The minimum absolute atomic E-state index is 0.210. The molecule has 0 unspecified atom stereocenters. The van der Waals surface area contributed by atoms with Crippen LogP contribution in [0.15, 0.2) is 47.1 Å². The maximum Gasteiger partial charge on any atom is 0.513 e. The number of imide groups is 1. The monoisotopic (exact) mass is 460 g/mol. The number of fused-ring (bicyclic) bond motifs is 1. The minimum atomic E-state index is -0.860. The fourth-order valence-corrected chi connectivity index (χ4v) is 3.12. The molecule has 1 heterocycles. The zero-order chi connectivity index (χ0) is 21.0. The summed E-state index contributed by atoms with van der Waals surface area (Å²) in [7, 11) is 2.67. The maximum absolute atomic E-state index is 12.3. The van der Waals surface area contributed by atoms with Crippen molar-refractivity contribution in [2.75, 3.05) is 14.2 Å². The third-order valence-electron chi connectivity index (χ3n) is 4.13. The lowest BCUT2D eigenvalue weighted by atomic mass is 9.95. The number of ether oxygens (including phenoxy) is 3. The van der Waals surface area contributed by atoms with Gasteiger partial charge in [-0.15, -0.1) is 0 Å². The first-order chi connectivity index (χ1) is 13.9. The molecule has 150 valence electrons.